The van der Waals surface area contributed by atoms with E-state index in [1.807, 2.05) is 0 Å². The summed E-state index contributed by atoms with van der Waals surface area (Å²) >= 11 is 0. The van der Waals surface area contributed by atoms with Crippen LogP contribution in [0.5, 0.6) is 11.5 Å². The first kappa shape index (κ1) is 17.1. The van der Waals surface area contributed by atoms with Crippen LogP contribution in [0.4, 0.5) is 5.69 Å². The second-order valence-electron chi connectivity index (χ2n) is 4.37. The van der Waals surface area contributed by atoms with Gasteiger partial charge in [-0.1, -0.05) is 0 Å². The van der Waals surface area contributed by atoms with Crippen molar-refractivity contribution in [3.05, 3.63) is 18.2 Å². The Kier molecular flexibility index (Phi) is 5.83. The number of aliphatic carboxylic acids is 1. The van der Waals surface area contributed by atoms with Crippen molar-refractivity contribution in [3.8, 4) is 11.5 Å². The maximum absolute atomic E-state index is 12.0. The molecule has 8 heteroatoms. The molecule has 0 fully saturated rings. The monoisotopic (exact) mass is 317 g/mol. The Bertz CT molecular complexity index is 599. The summed E-state index contributed by atoms with van der Waals surface area (Å²) in [5.74, 6) is -0.115. The molecule has 1 aromatic carbocycles. The van der Waals surface area contributed by atoms with Gasteiger partial charge in [0.2, 0.25) is 10.0 Å². The van der Waals surface area contributed by atoms with Crippen LogP contribution in [-0.2, 0) is 14.8 Å². The maximum Gasteiger partial charge on any atom is 0.303 e. The van der Waals surface area contributed by atoms with Crippen molar-refractivity contribution < 1.29 is 27.8 Å². The molecule has 0 spiro atoms. The molecule has 0 aliphatic carbocycles. The lowest BCUT2D eigenvalue weighted by Crippen LogP contribution is -2.31. The predicted octanol–water partition coefficient (Wildman–Crippen LogP) is 1.33. The third-order valence-electron chi connectivity index (χ3n) is 2.81. The lowest BCUT2D eigenvalue weighted by molar-refractivity contribution is -0.137. The van der Waals surface area contributed by atoms with E-state index in [0.29, 0.717) is 17.2 Å². The fourth-order valence-electron chi connectivity index (χ4n) is 1.83. The highest BCUT2D eigenvalue weighted by molar-refractivity contribution is 7.92. The lowest BCUT2D eigenvalue weighted by atomic mass is 10.2. The molecule has 0 amide bonds. The zero-order valence-corrected chi connectivity index (χ0v) is 13.0. The predicted molar refractivity (Wildman–Crippen MR) is 78.6 cm³/mol. The van der Waals surface area contributed by atoms with Crippen LogP contribution in [0, 0.1) is 0 Å². The summed E-state index contributed by atoms with van der Waals surface area (Å²) in [4.78, 5) is 10.6. The van der Waals surface area contributed by atoms with E-state index in [1.54, 1.807) is 18.2 Å². The molecule has 1 rings (SSSR count). The summed E-state index contributed by atoms with van der Waals surface area (Å²) < 4.78 is 35.3. The second kappa shape index (κ2) is 7.16. The number of ether oxygens (including phenoxy) is 2. The molecule has 0 atom stereocenters. The van der Waals surface area contributed by atoms with E-state index in [4.69, 9.17) is 14.6 Å². The molecule has 0 saturated heterocycles. The number of nitrogens with zero attached hydrogens (tertiary/aromatic N) is 1. The Morgan fingerprint density at radius 3 is 2.43 bits per heavy atom. The number of hydrogen-bond acceptors (Lipinski definition) is 5. The molecule has 118 valence electrons. The number of methoxy groups -OCH3 is 2. The highest BCUT2D eigenvalue weighted by Gasteiger charge is 2.21. The summed E-state index contributed by atoms with van der Waals surface area (Å²) in [6.45, 7) is 0.0503. The van der Waals surface area contributed by atoms with Crippen molar-refractivity contribution >= 4 is 21.7 Å². The molecular weight excluding hydrogens is 298 g/mol. The van der Waals surface area contributed by atoms with E-state index in [-0.39, 0.29) is 19.4 Å². The summed E-state index contributed by atoms with van der Waals surface area (Å²) in [5.41, 5.74) is 0.324. The first-order valence-corrected chi connectivity index (χ1v) is 8.06. The van der Waals surface area contributed by atoms with E-state index < -0.39 is 16.0 Å². The Balaban J connectivity index is 3.16. The molecule has 0 aliphatic rings. The van der Waals surface area contributed by atoms with Crippen LogP contribution < -0.4 is 13.8 Å². The molecule has 0 bridgehead atoms. The van der Waals surface area contributed by atoms with Gasteiger partial charge in [-0.05, 0) is 18.6 Å². The van der Waals surface area contributed by atoms with Gasteiger partial charge in [-0.15, -0.1) is 0 Å². The molecule has 0 radical (unpaired) electrons. The first-order chi connectivity index (χ1) is 9.79. The highest BCUT2D eigenvalue weighted by Crippen LogP contribution is 2.33. The SMILES string of the molecule is COc1ccc(OC)c(N(CCCC(=O)O)S(C)(=O)=O)c1. The van der Waals surface area contributed by atoms with Crippen LogP contribution >= 0.6 is 0 Å². The fourth-order valence-corrected chi connectivity index (χ4v) is 2.79. The normalized spacial score (nSPS) is 11.0. The molecular formula is C13H19NO6S. The van der Waals surface area contributed by atoms with Gasteiger partial charge in [-0.25, -0.2) is 8.42 Å². The van der Waals surface area contributed by atoms with Gasteiger partial charge in [0.25, 0.3) is 0 Å². The minimum atomic E-state index is -3.57. The average molecular weight is 317 g/mol. The summed E-state index contributed by atoms with van der Waals surface area (Å²) in [6, 6.07) is 4.80. The Morgan fingerprint density at radius 1 is 1.29 bits per heavy atom. The molecule has 21 heavy (non-hydrogen) atoms. The number of carboxylic acids is 1. The third kappa shape index (κ3) is 4.82. The third-order valence-corrected chi connectivity index (χ3v) is 3.99. The minimum absolute atomic E-state index is 0.0503. The summed E-state index contributed by atoms with van der Waals surface area (Å²) in [7, 11) is -0.662. The molecule has 0 unspecified atom stereocenters. The van der Waals surface area contributed by atoms with Gasteiger partial charge in [0.15, 0.2) is 0 Å². The summed E-state index contributed by atoms with van der Waals surface area (Å²) in [6.07, 6.45) is 1.15. The van der Waals surface area contributed by atoms with Crippen LogP contribution in [0.2, 0.25) is 0 Å². The Hall–Kier alpha value is -1.96. The smallest absolute Gasteiger partial charge is 0.303 e. The van der Waals surface area contributed by atoms with Crippen molar-refractivity contribution in [1.29, 1.82) is 0 Å². The topological polar surface area (TPSA) is 93.1 Å². The number of carbonyl (C=O) groups is 1. The fraction of sp³-hybridized carbons (Fsp3) is 0.462. The summed E-state index contributed by atoms with van der Waals surface area (Å²) in [5, 5.41) is 8.67. The van der Waals surface area contributed by atoms with Gasteiger partial charge in [-0.3, -0.25) is 9.10 Å². The van der Waals surface area contributed by atoms with Gasteiger partial charge in [0.05, 0.1) is 26.2 Å². The number of rotatable bonds is 8. The average Bonchev–Trinajstić information content (AvgIpc) is 2.41. The van der Waals surface area contributed by atoms with Crippen molar-refractivity contribution in [3.63, 3.8) is 0 Å². The van der Waals surface area contributed by atoms with E-state index in [2.05, 4.69) is 0 Å². The van der Waals surface area contributed by atoms with Crippen molar-refractivity contribution in [2.24, 2.45) is 0 Å². The zero-order chi connectivity index (χ0) is 16.0. The standard InChI is InChI=1S/C13H19NO6S/c1-19-10-6-7-12(20-2)11(9-10)14(21(3,17)18)8-4-5-13(15)16/h6-7,9H,4-5,8H2,1-3H3,(H,15,16). The molecule has 0 aliphatic heterocycles. The Labute approximate surface area is 124 Å². The second-order valence-corrected chi connectivity index (χ2v) is 6.28. The number of benzene rings is 1. The highest BCUT2D eigenvalue weighted by atomic mass is 32.2. The number of hydrogen-bond donors (Lipinski definition) is 1. The molecule has 0 heterocycles. The van der Waals surface area contributed by atoms with Crippen LogP contribution in [0.25, 0.3) is 0 Å². The van der Waals surface area contributed by atoms with Gasteiger partial charge in [-0.2, -0.15) is 0 Å². The van der Waals surface area contributed by atoms with E-state index in [1.165, 1.54) is 14.2 Å². The van der Waals surface area contributed by atoms with Crippen molar-refractivity contribution in [2.75, 3.05) is 31.3 Å². The van der Waals surface area contributed by atoms with E-state index in [0.717, 1.165) is 10.6 Å². The molecule has 1 N–H and O–H groups in total. The molecule has 0 saturated carbocycles. The first-order valence-electron chi connectivity index (χ1n) is 6.21. The number of sulfonamides is 1. The van der Waals surface area contributed by atoms with Gasteiger partial charge in [0.1, 0.15) is 11.5 Å². The van der Waals surface area contributed by atoms with E-state index in [9.17, 15) is 13.2 Å². The largest absolute Gasteiger partial charge is 0.497 e. The van der Waals surface area contributed by atoms with Gasteiger partial charge >= 0.3 is 5.97 Å². The van der Waals surface area contributed by atoms with Crippen molar-refractivity contribution in [1.82, 2.24) is 0 Å². The lowest BCUT2D eigenvalue weighted by Gasteiger charge is -2.24. The minimum Gasteiger partial charge on any atom is -0.497 e. The number of anilines is 1. The van der Waals surface area contributed by atoms with Crippen LogP contribution in [0.3, 0.4) is 0 Å². The van der Waals surface area contributed by atoms with E-state index >= 15 is 0 Å². The zero-order valence-electron chi connectivity index (χ0n) is 12.2. The van der Waals surface area contributed by atoms with Gasteiger partial charge in [0, 0.05) is 19.0 Å². The molecule has 7 nitrogen and oxygen atoms in total. The maximum atomic E-state index is 12.0. The van der Waals surface area contributed by atoms with Crippen LogP contribution in [0.15, 0.2) is 18.2 Å². The Morgan fingerprint density at radius 2 is 1.95 bits per heavy atom. The van der Waals surface area contributed by atoms with Gasteiger partial charge < -0.3 is 14.6 Å². The molecule has 1 aromatic rings. The van der Waals surface area contributed by atoms with Crippen molar-refractivity contribution in [2.45, 2.75) is 12.8 Å². The molecule has 0 aromatic heterocycles. The number of carboxylic acid groups (broad SMARTS) is 1. The quantitative estimate of drug-likeness (QED) is 0.777. The van der Waals surface area contributed by atoms with Crippen LogP contribution in [-0.4, -0.2) is 46.5 Å². The van der Waals surface area contributed by atoms with Crippen LogP contribution in [0.1, 0.15) is 12.8 Å².